The Balaban J connectivity index is 1.69. The fraction of sp³-hybridized carbons (Fsp3) is 0.647. The average molecular weight is 317 g/mol. The van der Waals surface area contributed by atoms with Crippen molar-refractivity contribution < 1.29 is 24.8 Å². The van der Waals surface area contributed by atoms with Crippen LogP contribution in [0.15, 0.2) is 12.1 Å². The molecule has 1 aromatic rings. The molecule has 0 amide bonds. The number of rotatable bonds is 0. The van der Waals surface area contributed by atoms with Crippen LogP contribution in [0.25, 0.3) is 0 Å². The van der Waals surface area contributed by atoms with E-state index in [1.807, 2.05) is 12.1 Å². The van der Waals surface area contributed by atoms with Crippen LogP contribution >= 0.6 is 0 Å². The molecule has 2 saturated heterocycles. The lowest BCUT2D eigenvalue weighted by Crippen LogP contribution is -2.51. The molecule has 0 radical (unpaired) electrons. The van der Waals surface area contributed by atoms with Gasteiger partial charge in [-0.3, -0.25) is 4.90 Å². The lowest BCUT2D eigenvalue weighted by Gasteiger charge is -2.44. The fourth-order valence-electron chi connectivity index (χ4n) is 6.41. The molecule has 0 unspecified atom stereocenters. The summed E-state index contributed by atoms with van der Waals surface area (Å²) in [6, 6.07) is 3.77. The SMILES string of the molecule is O[C@@H]1[C@H](O)[C@@H]2[C@]34CCCN3C[C@@]2(O)c2cc3c(cc2[C@@H]14)OCO3. The molecule has 23 heavy (non-hydrogen) atoms. The second kappa shape index (κ2) is 3.67. The number of aliphatic hydroxyl groups is 3. The highest BCUT2D eigenvalue weighted by Gasteiger charge is 2.77. The van der Waals surface area contributed by atoms with Crippen LogP contribution in [0.5, 0.6) is 11.5 Å². The molecule has 3 N–H and O–H groups in total. The van der Waals surface area contributed by atoms with Gasteiger partial charge in [0.05, 0.1) is 12.2 Å². The summed E-state index contributed by atoms with van der Waals surface area (Å²) in [5.41, 5.74) is 0.257. The minimum absolute atomic E-state index is 0.183. The van der Waals surface area contributed by atoms with Crippen molar-refractivity contribution in [1.29, 1.82) is 0 Å². The van der Waals surface area contributed by atoms with Crippen molar-refractivity contribution >= 4 is 0 Å². The second-order valence-electron chi connectivity index (χ2n) is 7.67. The Hall–Kier alpha value is -1.34. The first-order chi connectivity index (χ1) is 11.1. The predicted octanol–water partition coefficient (Wildman–Crippen LogP) is -0.100. The second-order valence-corrected chi connectivity index (χ2v) is 7.67. The third-order valence-corrected chi connectivity index (χ3v) is 7.00. The van der Waals surface area contributed by atoms with E-state index in [-0.39, 0.29) is 24.2 Å². The van der Waals surface area contributed by atoms with Crippen LogP contribution in [0.2, 0.25) is 0 Å². The van der Waals surface area contributed by atoms with E-state index in [0.29, 0.717) is 18.0 Å². The van der Waals surface area contributed by atoms with Gasteiger partial charge in [0.2, 0.25) is 6.79 Å². The van der Waals surface area contributed by atoms with Crippen molar-refractivity contribution in [2.45, 2.75) is 42.1 Å². The monoisotopic (exact) mass is 317 g/mol. The van der Waals surface area contributed by atoms with Gasteiger partial charge in [-0.1, -0.05) is 0 Å². The van der Waals surface area contributed by atoms with E-state index in [1.165, 1.54) is 0 Å². The van der Waals surface area contributed by atoms with Crippen LogP contribution < -0.4 is 9.47 Å². The maximum absolute atomic E-state index is 11.6. The predicted molar refractivity (Wildman–Crippen MR) is 78.2 cm³/mol. The molecule has 4 bridgehead atoms. The van der Waals surface area contributed by atoms with Gasteiger partial charge >= 0.3 is 0 Å². The van der Waals surface area contributed by atoms with E-state index >= 15 is 0 Å². The standard InChI is InChI=1S/C17H19NO5/c19-13-12-8-4-10-11(23-7-22-10)5-9(8)17(21)6-18-3-1-2-16(12,18)15(17)14(13)20/h4-5,12-15,19-21H,1-3,6-7H2/t12-,13-,14-,15+,16+,17+/m0/s1. The van der Waals surface area contributed by atoms with Crippen LogP contribution in [0.3, 0.4) is 0 Å². The van der Waals surface area contributed by atoms with E-state index in [9.17, 15) is 15.3 Å². The van der Waals surface area contributed by atoms with Gasteiger partial charge in [0.25, 0.3) is 0 Å². The highest BCUT2D eigenvalue weighted by molar-refractivity contribution is 5.58. The Bertz CT molecular complexity index is 738. The lowest BCUT2D eigenvalue weighted by molar-refractivity contribution is -0.0707. The number of β-amino-alcohol motifs (C(OH)–C–C–N with tert-alkyl or cyclic N) is 1. The number of hydrogen-bond acceptors (Lipinski definition) is 6. The number of hydrogen-bond donors (Lipinski definition) is 3. The normalized spacial score (nSPS) is 48.7. The number of fused-ring (bicyclic) bond motifs is 4. The molecule has 6 heteroatoms. The van der Waals surface area contributed by atoms with E-state index in [0.717, 1.165) is 30.5 Å². The lowest BCUT2D eigenvalue weighted by atomic mass is 9.64. The molecule has 1 saturated carbocycles. The smallest absolute Gasteiger partial charge is 0.231 e. The van der Waals surface area contributed by atoms with Gasteiger partial charge in [-0.05, 0) is 42.6 Å². The molecule has 6 rings (SSSR count). The van der Waals surface area contributed by atoms with E-state index < -0.39 is 17.8 Å². The highest BCUT2D eigenvalue weighted by atomic mass is 16.7. The van der Waals surface area contributed by atoms with Crippen LogP contribution in [0, 0.1) is 5.92 Å². The van der Waals surface area contributed by atoms with Gasteiger partial charge in [-0.2, -0.15) is 0 Å². The average Bonchev–Trinajstić information content (AvgIpc) is 3.19. The van der Waals surface area contributed by atoms with Crippen molar-refractivity contribution in [3.8, 4) is 11.5 Å². The van der Waals surface area contributed by atoms with Crippen LogP contribution in [-0.4, -0.2) is 57.8 Å². The van der Waals surface area contributed by atoms with E-state index in [1.54, 1.807) is 0 Å². The minimum atomic E-state index is -1.13. The minimum Gasteiger partial charge on any atom is -0.454 e. The number of nitrogens with zero attached hydrogens (tertiary/aromatic N) is 1. The Morgan fingerprint density at radius 3 is 2.74 bits per heavy atom. The molecule has 1 spiro atoms. The van der Waals surface area contributed by atoms with Crippen molar-refractivity contribution in [2.75, 3.05) is 19.9 Å². The van der Waals surface area contributed by atoms with Crippen LogP contribution in [0.1, 0.15) is 29.9 Å². The summed E-state index contributed by atoms with van der Waals surface area (Å²) in [4.78, 5) is 2.30. The quantitative estimate of drug-likeness (QED) is 0.620. The van der Waals surface area contributed by atoms with Gasteiger partial charge in [0, 0.05) is 23.9 Å². The molecule has 3 aliphatic heterocycles. The zero-order chi connectivity index (χ0) is 15.6. The molecule has 122 valence electrons. The van der Waals surface area contributed by atoms with E-state index in [2.05, 4.69) is 4.90 Å². The molecule has 3 heterocycles. The summed E-state index contributed by atoms with van der Waals surface area (Å²) in [6.07, 6.45) is 0.195. The number of ether oxygens (including phenoxy) is 2. The molecular weight excluding hydrogens is 298 g/mol. The van der Waals surface area contributed by atoms with Gasteiger partial charge in [-0.15, -0.1) is 0 Å². The Morgan fingerprint density at radius 1 is 1.13 bits per heavy atom. The van der Waals surface area contributed by atoms with Crippen molar-refractivity contribution in [2.24, 2.45) is 5.92 Å². The summed E-state index contributed by atoms with van der Waals surface area (Å²) in [6.45, 7) is 1.62. The fourth-order valence-corrected chi connectivity index (χ4v) is 6.41. The zero-order valence-corrected chi connectivity index (χ0v) is 12.6. The third kappa shape index (κ3) is 1.16. The van der Waals surface area contributed by atoms with Gasteiger partial charge < -0.3 is 24.8 Å². The zero-order valence-electron chi connectivity index (χ0n) is 12.6. The number of aliphatic hydroxyl groups excluding tert-OH is 2. The van der Waals surface area contributed by atoms with Gasteiger partial charge in [-0.25, -0.2) is 0 Å². The summed E-state index contributed by atoms with van der Waals surface area (Å²) in [7, 11) is 0. The van der Waals surface area contributed by atoms with E-state index in [4.69, 9.17) is 9.47 Å². The largest absolute Gasteiger partial charge is 0.454 e. The first-order valence-electron chi connectivity index (χ1n) is 8.35. The van der Waals surface area contributed by atoms with Gasteiger partial charge in [0.1, 0.15) is 5.60 Å². The number of benzene rings is 1. The Morgan fingerprint density at radius 2 is 1.91 bits per heavy atom. The first kappa shape index (κ1) is 13.0. The maximum Gasteiger partial charge on any atom is 0.231 e. The Labute approximate surface area is 133 Å². The van der Waals surface area contributed by atoms with Gasteiger partial charge in [0.15, 0.2) is 11.5 Å². The highest BCUT2D eigenvalue weighted by Crippen LogP contribution is 2.69. The topological polar surface area (TPSA) is 82.4 Å². The molecule has 0 aromatic heterocycles. The van der Waals surface area contributed by atoms with Crippen LogP contribution in [0.4, 0.5) is 0 Å². The van der Waals surface area contributed by atoms with Crippen molar-refractivity contribution in [3.63, 3.8) is 0 Å². The Kier molecular flexibility index (Phi) is 2.07. The van der Waals surface area contributed by atoms with Crippen molar-refractivity contribution in [3.05, 3.63) is 23.3 Å². The molecule has 6 nitrogen and oxygen atoms in total. The van der Waals surface area contributed by atoms with Crippen molar-refractivity contribution in [1.82, 2.24) is 4.90 Å². The third-order valence-electron chi connectivity index (χ3n) is 7.00. The summed E-state index contributed by atoms with van der Waals surface area (Å²) in [5.74, 6) is 0.783. The molecule has 1 aromatic carbocycles. The molecule has 3 fully saturated rings. The summed E-state index contributed by atoms with van der Waals surface area (Å²) in [5, 5.41) is 33.1. The maximum atomic E-state index is 11.6. The molecule has 5 aliphatic rings. The summed E-state index contributed by atoms with van der Waals surface area (Å²) >= 11 is 0. The molecule has 6 atom stereocenters. The first-order valence-corrected chi connectivity index (χ1v) is 8.35. The molecular formula is C17H19NO5. The summed E-state index contributed by atoms with van der Waals surface area (Å²) < 4.78 is 11.0. The van der Waals surface area contributed by atoms with Crippen LogP contribution in [-0.2, 0) is 5.60 Å². The molecule has 2 aliphatic carbocycles.